The molecule has 1 heterocycles. The molecule has 0 radical (unpaired) electrons. The fourth-order valence-electron chi connectivity index (χ4n) is 0.760. The lowest BCUT2D eigenvalue weighted by Gasteiger charge is -2.02. The van der Waals surface area contributed by atoms with Crippen molar-refractivity contribution in [3.63, 3.8) is 0 Å². The third-order valence-electron chi connectivity index (χ3n) is 1.55. The number of nitrogens with one attached hydrogen (secondary N) is 1. The minimum absolute atomic E-state index is 0.0647. The van der Waals surface area contributed by atoms with Crippen LogP contribution in [0.15, 0.2) is 0 Å². The second kappa shape index (κ2) is 3.33. The van der Waals surface area contributed by atoms with Crippen LogP contribution in [-0.2, 0) is 6.18 Å². The maximum absolute atomic E-state index is 12.0. The summed E-state index contributed by atoms with van der Waals surface area (Å²) in [6.07, 6.45) is -4.01. The highest BCUT2D eigenvalue weighted by Crippen LogP contribution is 2.26. The summed E-state index contributed by atoms with van der Waals surface area (Å²) in [4.78, 5) is 3.24. The summed E-state index contributed by atoms with van der Waals surface area (Å²) in [6.45, 7) is 1.75. The van der Waals surface area contributed by atoms with Gasteiger partial charge in [0.25, 0.3) is 5.82 Å². The van der Waals surface area contributed by atoms with Crippen LogP contribution >= 0.6 is 0 Å². The Morgan fingerprint density at radius 1 is 1.54 bits per heavy atom. The number of rotatable bonds is 2. The molecule has 4 nitrogen and oxygen atoms in total. The number of nitrogens with two attached hydrogens (primary N) is 1. The Kier molecular flexibility index (Phi) is 2.55. The van der Waals surface area contributed by atoms with E-state index in [0.717, 1.165) is 0 Å². The third-order valence-corrected chi connectivity index (χ3v) is 1.55. The number of halogens is 3. The van der Waals surface area contributed by atoms with Crippen molar-refractivity contribution >= 4 is 0 Å². The van der Waals surface area contributed by atoms with E-state index in [2.05, 4.69) is 15.2 Å². The highest BCUT2D eigenvalue weighted by Gasteiger charge is 2.36. The number of alkyl halides is 3. The van der Waals surface area contributed by atoms with E-state index in [1.165, 1.54) is 0 Å². The summed E-state index contributed by atoms with van der Waals surface area (Å²) in [5.41, 5.74) is 5.45. The number of H-pyrrole nitrogens is 1. The van der Waals surface area contributed by atoms with Crippen LogP contribution in [0.1, 0.15) is 31.0 Å². The zero-order chi connectivity index (χ0) is 10.1. The largest absolute Gasteiger partial charge is 0.453 e. The van der Waals surface area contributed by atoms with Crippen LogP contribution in [0.3, 0.4) is 0 Å². The fraction of sp³-hybridized carbons (Fsp3) is 0.667. The van der Waals surface area contributed by atoms with Gasteiger partial charge < -0.3 is 5.73 Å². The number of aromatic amines is 1. The summed E-state index contributed by atoms with van der Waals surface area (Å²) >= 11 is 0. The molecule has 0 aliphatic rings. The Bertz CT molecular complexity index is 280. The maximum Gasteiger partial charge on any atom is 0.453 e. The molecule has 0 aliphatic carbocycles. The summed E-state index contributed by atoms with van der Waals surface area (Å²) in [7, 11) is 0. The summed E-state index contributed by atoms with van der Waals surface area (Å²) < 4.78 is 35.9. The molecule has 0 aromatic carbocycles. The molecule has 1 atom stereocenters. The van der Waals surface area contributed by atoms with E-state index in [9.17, 15) is 13.2 Å². The highest BCUT2D eigenvalue weighted by atomic mass is 19.4. The normalized spacial score (nSPS) is 14.5. The van der Waals surface area contributed by atoms with E-state index in [1.54, 1.807) is 6.92 Å². The standard InChI is InChI=1S/C6H9F3N4/c1-2-3(10)4-11-5(13-12-4)6(7,8)9/h3H,2,10H2,1H3,(H,11,12,13). The van der Waals surface area contributed by atoms with Gasteiger partial charge in [-0.1, -0.05) is 6.92 Å². The van der Waals surface area contributed by atoms with Crippen LogP contribution in [0.5, 0.6) is 0 Å². The van der Waals surface area contributed by atoms with Crippen LogP contribution in [0, 0.1) is 0 Å². The van der Waals surface area contributed by atoms with Crippen LogP contribution in [0.4, 0.5) is 13.2 Å². The quantitative estimate of drug-likeness (QED) is 0.744. The van der Waals surface area contributed by atoms with Crippen molar-refractivity contribution in [3.05, 3.63) is 11.6 Å². The molecule has 1 unspecified atom stereocenters. The van der Waals surface area contributed by atoms with E-state index >= 15 is 0 Å². The molecule has 13 heavy (non-hydrogen) atoms. The van der Waals surface area contributed by atoms with Gasteiger partial charge in [-0.05, 0) is 6.42 Å². The van der Waals surface area contributed by atoms with Gasteiger partial charge in [0, 0.05) is 0 Å². The molecule has 0 saturated carbocycles. The molecule has 0 aliphatic heterocycles. The molecule has 7 heteroatoms. The summed E-state index contributed by atoms with van der Waals surface area (Å²) in [5.74, 6) is -1.11. The SMILES string of the molecule is CCC(N)c1nc(C(F)(F)F)n[nH]1. The van der Waals surface area contributed by atoms with Gasteiger partial charge in [-0.3, -0.25) is 5.10 Å². The molecule has 0 saturated heterocycles. The summed E-state index contributed by atoms with van der Waals surface area (Å²) in [6, 6.07) is -0.524. The molecule has 0 amide bonds. The van der Waals surface area contributed by atoms with Gasteiger partial charge in [0.15, 0.2) is 0 Å². The second-order valence-electron chi connectivity index (χ2n) is 2.56. The summed E-state index contributed by atoms with van der Waals surface area (Å²) in [5, 5.41) is 5.17. The Labute approximate surface area is 72.3 Å². The highest BCUT2D eigenvalue weighted by molar-refractivity contribution is 4.97. The van der Waals surface area contributed by atoms with Crippen molar-refractivity contribution in [2.45, 2.75) is 25.6 Å². The number of hydrogen-bond acceptors (Lipinski definition) is 3. The lowest BCUT2D eigenvalue weighted by Crippen LogP contribution is -2.11. The van der Waals surface area contributed by atoms with Crippen LogP contribution < -0.4 is 5.73 Å². The van der Waals surface area contributed by atoms with Crippen LogP contribution in [0.2, 0.25) is 0 Å². The number of aromatic nitrogens is 3. The molecule has 0 bridgehead atoms. The predicted octanol–water partition coefficient (Wildman–Crippen LogP) is 1.23. The first-order valence-corrected chi connectivity index (χ1v) is 3.70. The zero-order valence-corrected chi connectivity index (χ0v) is 6.89. The van der Waals surface area contributed by atoms with E-state index in [1.807, 2.05) is 0 Å². The van der Waals surface area contributed by atoms with Crippen molar-refractivity contribution in [1.82, 2.24) is 15.2 Å². The van der Waals surface area contributed by atoms with E-state index in [0.29, 0.717) is 6.42 Å². The molecule has 3 N–H and O–H groups in total. The van der Waals surface area contributed by atoms with Crippen molar-refractivity contribution in [1.29, 1.82) is 0 Å². The van der Waals surface area contributed by atoms with Gasteiger partial charge in [-0.15, -0.1) is 5.10 Å². The first-order chi connectivity index (χ1) is 5.95. The fourth-order valence-corrected chi connectivity index (χ4v) is 0.760. The average Bonchev–Trinajstić information content (AvgIpc) is 2.50. The molecule has 1 rings (SSSR count). The maximum atomic E-state index is 12.0. The third kappa shape index (κ3) is 2.18. The lowest BCUT2D eigenvalue weighted by molar-refractivity contribution is -0.144. The van der Waals surface area contributed by atoms with Crippen molar-refractivity contribution in [2.24, 2.45) is 5.73 Å². The predicted molar refractivity (Wildman–Crippen MR) is 38.6 cm³/mol. The lowest BCUT2D eigenvalue weighted by atomic mass is 10.2. The molecular formula is C6H9F3N4. The Balaban J connectivity index is 2.87. The van der Waals surface area contributed by atoms with Gasteiger partial charge in [-0.25, -0.2) is 4.98 Å². The molecule has 74 valence electrons. The monoisotopic (exact) mass is 194 g/mol. The van der Waals surface area contributed by atoms with Gasteiger partial charge >= 0.3 is 6.18 Å². The van der Waals surface area contributed by atoms with E-state index in [-0.39, 0.29) is 5.82 Å². The van der Waals surface area contributed by atoms with Gasteiger partial charge in [0.1, 0.15) is 5.82 Å². The second-order valence-corrected chi connectivity index (χ2v) is 2.56. The van der Waals surface area contributed by atoms with Crippen LogP contribution in [-0.4, -0.2) is 15.2 Å². The molecule has 1 aromatic rings. The van der Waals surface area contributed by atoms with Gasteiger partial charge in [0.05, 0.1) is 6.04 Å². The first-order valence-electron chi connectivity index (χ1n) is 3.70. The molecule has 1 aromatic heterocycles. The van der Waals surface area contributed by atoms with Gasteiger partial charge in [0.2, 0.25) is 0 Å². The molecule has 0 fully saturated rings. The van der Waals surface area contributed by atoms with E-state index in [4.69, 9.17) is 5.73 Å². The average molecular weight is 194 g/mol. The molecular weight excluding hydrogens is 185 g/mol. The minimum Gasteiger partial charge on any atom is -0.321 e. The van der Waals surface area contributed by atoms with Crippen LogP contribution in [0.25, 0.3) is 0 Å². The van der Waals surface area contributed by atoms with E-state index < -0.39 is 18.0 Å². The van der Waals surface area contributed by atoms with Crippen molar-refractivity contribution in [2.75, 3.05) is 0 Å². The van der Waals surface area contributed by atoms with Crippen molar-refractivity contribution in [3.8, 4) is 0 Å². The minimum atomic E-state index is -4.51. The topological polar surface area (TPSA) is 67.6 Å². The Morgan fingerprint density at radius 2 is 2.15 bits per heavy atom. The van der Waals surface area contributed by atoms with Crippen molar-refractivity contribution < 1.29 is 13.2 Å². The van der Waals surface area contributed by atoms with Gasteiger partial charge in [-0.2, -0.15) is 13.2 Å². The zero-order valence-electron chi connectivity index (χ0n) is 6.89. The molecule has 0 spiro atoms. The first kappa shape index (κ1) is 9.97. The Morgan fingerprint density at radius 3 is 2.54 bits per heavy atom. The Hall–Kier alpha value is -1.11. The smallest absolute Gasteiger partial charge is 0.321 e. The number of nitrogens with zero attached hydrogens (tertiary/aromatic N) is 2. The number of hydrogen-bond donors (Lipinski definition) is 2.